The molecule has 0 fully saturated rings. The summed E-state index contributed by atoms with van der Waals surface area (Å²) in [7, 11) is 2.02. The highest BCUT2D eigenvalue weighted by Crippen LogP contribution is 2.20. The molecule has 1 aromatic carbocycles. The van der Waals surface area contributed by atoms with E-state index in [4.69, 9.17) is 27.9 Å². The van der Waals surface area contributed by atoms with Crippen LogP contribution in [0.1, 0.15) is 10.4 Å². The van der Waals surface area contributed by atoms with Crippen molar-refractivity contribution in [2.24, 2.45) is 0 Å². The third-order valence-corrected chi connectivity index (χ3v) is 4.66. The molecule has 0 aliphatic rings. The fraction of sp³-hybridized carbons (Fsp3) is 0.375. The smallest absolute Gasteiger partial charge is 0.126 e. The van der Waals surface area contributed by atoms with Gasteiger partial charge in [-0.25, -0.2) is 0 Å². The third kappa shape index (κ3) is 5.88. The van der Waals surface area contributed by atoms with Gasteiger partial charge in [0.15, 0.2) is 0 Å². The first-order valence-corrected chi connectivity index (χ1v) is 8.71. The van der Waals surface area contributed by atoms with Crippen molar-refractivity contribution in [3.05, 3.63) is 56.2 Å². The first-order valence-electron chi connectivity index (χ1n) is 7.08. The SMILES string of the molecule is C[NH+](Cc1ccc(Cl)cc1Cl)C[C@H](O)COCc1cccs1. The van der Waals surface area contributed by atoms with Crippen molar-refractivity contribution < 1.29 is 14.7 Å². The lowest BCUT2D eigenvalue weighted by molar-refractivity contribution is -0.897. The predicted molar refractivity (Wildman–Crippen MR) is 91.9 cm³/mol. The van der Waals surface area contributed by atoms with Gasteiger partial charge in [0.1, 0.15) is 19.2 Å². The number of benzene rings is 1. The molecule has 2 atom stereocenters. The number of aliphatic hydroxyl groups excluding tert-OH is 1. The third-order valence-electron chi connectivity index (χ3n) is 3.23. The Morgan fingerprint density at radius 2 is 2.14 bits per heavy atom. The Morgan fingerprint density at radius 1 is 1.32 bits per heavy atom. The minimum atomic E-state index is -0.494. The van der Waals surface area contributed by atoms with E-state index >= 15 is 0 Å². The number of aliphatic hydroxyl groups is 1. The molecule has 6 heteroatoms. The van der Waals surface area contributed by atoms with E-state index in [1.54, 1.807) is 17.4 Å². The van der Waals surface area contributed by atoms with Crippen LogP contribution < -0.4 is 4.90 Å². The Labute approximate surface area is 145 Å². The maximum atomic E-state index is 10.0. The van der Waals surface area contributed by atoms with Crippen molar-refractivity contribution in [3.63, 3.8) is 0 Å². The van der Waals surface area contributed by atoms with Crippen LogP contribution in [0.5, 0.6) is 0 Å². The number of hydrogen-bond acceptors (Lipinski definition) is 3. The van der Waals surface area contributed by atoms with E-state index in [1.165, 1.54) is 4.88 Å². The van der Waals surface area contributed by atoms with Crippen molar-refractivity contribution in [2.75, 3.05) is 20.2 Å². The van der Waals surface area contributed by atoms with Crippen molar-refractivity contribution in [3.8, 4) is 0 Å². The van der Waals surface area contributed by atoms with E-state index in [9.17, 15) is 5.11 Å². The normalized spacial score (nSPS) is 14.0. The Bertz CT molecular complexity index is 578. The largest absolute Gasteiger partial charge is 0.385 e. The number of likely N-dealkylation sites (N-methyl/N-ethyl adjacent to an activating group) is 1. The molecule has 120 valence electrons. The number of rotatable bonds is 8. The lowest BCUT2D eigenvalue weighted by Gasteiger charge is -2.18. The van der Waals surface area contributed by atoms with Crippen molar-refractivity contribution in [1.82, 2.24) is 0 Å². The van der Waals surface area contributed by atoms with Crippen molar-refractivity contribution in [2.45, 2.75) is 19.3 Å². The molecule has 2 N–H and O–H groups in total. The van der Waals surface area contributed by atoms with E-state index in [-0.39, 0.29) is 0 Å². The topological polar surface area (TPSA) is 33.9 Å². The Balaban J connectivity index is 1.72. The standard InChI is InChI=1S/C16H19Cl2NO2S/c1-19(8-12-4-5-13(17)7-16(12)18)9-14(20)10-21-11-15-3-2-6-22-15/h2-7,14,20H,8-11H2,1H3/p+1/t14-/m0/s1. The average molecular weight is 361 g/mol. The number of halogens is 2. The zero-order valence-corrected chi connectivity index (χ0v) is 14.7. The molecule has 2 rings (SSSR count). The molecule has 3 nitrogen and oxygen atoms in total. The van der Waals surface area contributed by atoms with Gasteiger partial charge in [0.05, 0.1) is 25.3 Å². The monoisotopic (exact) mass is 360 g/mol. The van der Waals surface area contributed by atoms with Gasteiger partial charge >= 0.3 is 0 Å². The predicted octanol–water partition coefficient (Wildman–Crippen LogP) is 2.65. The first-order chi connectivity index (χ1) is 10.5. The lowest BCUT2D eigenvalue weighted by Crippen LogP contribution is -3.09. The zero-order chi connectivity index (χ0) is 15.9. The second-order valence-corrected chi connectivity index (χ2v) is 7.20. The molecule has 0 bridgehead atoms. The highest BCUT2D eigenvalue weighted by atomic mass is 35.5. The summed E-state index contributed by atoms with van der Waals surface area (Å²) in [6, 6.07) is 9.52. The molecule has 0 radical (unpaired) electrons. The van der Waals surface area contributed by atoms with E-state index in [2.05, 4.69) is 0 Å². The van der Waals surface area contributed by atoms with Gasteiger partial charge in [-0.1, -0.05) is 35.3 Å². The summed E-state index contributed by atoms with van der Waals surface area (Å²) >= 11 is 13.7. The van der Waals surface area contributed by atoms with Crippen LogP contribution in [0.25, 0.3) is 0 Å². The highest BCUT2D eigenvalue weighted by molar-refractivity contribution is 7.09. The maximum absolute atomic E-state index is 10.0. The van der Waals surface area contributed by atoms with E-state index in [0.29, 0.717) is 29.8 Å². The molecule has 0 amide bonds. The van der Waals surface area contributed by atoms with Crippen LogP contribution in [-0.4, -0.2) is 31.4 Å². The Morgan fingerprint density at radius 3 is 2.82 bits per heavy atom. The van der Waals surface area contributed by atoms with Gasteiger partial charge in [-0.15, -0.1) is 11.3 Å². The van der Waals surface area contributed by atoms with Crippen LogP contribution in [0, 0.1) is 0 Å². The molecule has 2 aromatic rings. The van der Waals surface area contributed by atoms with E-state index < -0.39 is 6.10 Å². The molecule has 0 spiro atoms. The average Bonchev–Trinajstić information content (AvgIpc) is 2.95. The van der Waals surface area contributed by atoms with Crippen molar-refractivity contribution in [1.29, 1.82) is 0 Å². The zero-order valence-electron chi connectivity index (χ0n) is 12.4. The van der Waals surface area contributed by atoms with Crippen LogP contribution in [0.4, 0.5) is 0 Å². The van der Waals surface area contributed by atoms with Crippen LogP contribution in [0.2, 0.25) is 10.0 Å². The summed E-state index contributed by atoms with van der Waals surface area (Å²) in [6.07, 6.45) is -0.494. The molecule has 1 unspecified atom stereocenters. The van der Waals surface area contributed by atoms with E-state index in [0.717, 1.165) is 17.0 Å². The van der Waals surface area contributed by atoms with Crippen LogP contribution in [0.15, 0.2) is 35.7 Å². The lowest BCUT2D eigenvalue weighted by atomic mass is 10.2. The Kier molecular flexibility index (Phi) is 7.15. The minimum Gasteiger partial charge on any atom is -0.385 e. The maximum Gasteiger partial charge on any atom is 0.126 e. The van der Waals surface area contributed by atoms with Crippen LogP contribution in [-0.2, 0) is 17.9 Å². The van der Waals surface area contributed by atoms with Gasteiger partial charge < -0.3 is 14.7 Å². The highest BCUT2D eigenvalue weighted by Gasteiger charge is 2.14. The van der Waals surface area contributed by atoms with Gasteiger partial charge in [0.2, 0.25) is 0 Å². The minimum absolute atomic E-state index is 0.337. The molecule has 0 saturated carbocycles. The summed E-state index contributed by atoms with van der Waals surface area (Å²) in [4.78, 5) is 2.33. The molecular formula is C16H20Cl2NO2S+. The second-order valence-electron chi connectivity index (χ2n) is 5.32. The van der Waals surface area contributed by atoms with Gasteiger partial charge in [-0.05, 0) is 23.6 Å². The summed E-state index contributed by atoms with van der Waals surface area (Å²) in [6.45, 7) is 2.22. The number of thiophene rings is 1. The number of ether oxygens (including phenoxy) is 1. The molecule has 0 aliphatic carbocycles. The van der Waals surface area contributed by atoms with Gasteiger partial charge in [0, 0.05) is 15.5 Å². The van der Waals surface area contributed by atoms with E-state index in [1.807, 2.05) is 36.7 Å². The molecule has 0 saturated heterocycles. The van der Waals surface area contributed by atoms with Crippen LogP contribution in [0.3, 0.4) is 0 Å². The number of hydrogen-bond donors (Lipinski definition) is 2. The fourth-order valence-electron chi connectivity index (χ4n) is 2.21. The second kappa shape index (κ2) is 8.87. The fourth-order valence-corrected chi connectivity index (χ4v) is 3.33. The molecule has 22 heavy (non-hydrogen) atoms. The van der Waals surface area contributed by atoms with Crippen LogP contribution >= 0.6 is 34.5 Å². The summed E-state index contributed by atoms with van der Waals surface area (Å²) < 4.78 is 5.53. The quantitative estimate of drug-likeness (QED) is 0.758. The number of quaternary nitrogens is 1. The van der Waals surface area contributed by atoms with Gasteiger partial charge in [-0.2, -0.15) is 0 Å². The number of nitrogens with one attached hydrogen (secondary N) is 1. The summed E-state index contributed by atoms with van der Waals surface area (Å²) in [5.41, 5.74) is 1.02. The van der Waals surface area contributed by atoms with Gasteiger partial charge in [-0.3, -0.25) is 0 Å². The molecule has 1 aromatic heterocycles. The molecule has 0 aliphatic heterocycles. The summed E-state index contributed by atoms with van der Waals surface area (Å²) in [5, 5.41) is 13.4. The first kappa shape index (κ1) is 17.7. The van der Waals surface area contributed by atoms with Crippen molar-refractivity contribution >= 4 is 34.5 Å². The van der Waals surface area contributed by atoms with Gasteiger partial charge in [0.25, 0.3) is 0 Å². The summed E-state index contributed by atoms with van der Waals surface area (Å²) in [5.74, 6) is 0. The molecule has 1 heterocycles. The Hall–Kier alpha value is -0.620. The molecular weight excluding hydrogens is 341 g/mol.